The molecule has 1 fully saturated rings. The van der Waals surface area contributed by atoms with Gasteiger partial charge in [0.15, 0.2) is 13.2 Å². The lowest BCUT2D eigenvalue weighted by Gasteiger charge is -2.33. The summed E-state index contributed by atoms with van der Waals surface area (Å²) >= 11 is 5.85. The lowest BCUT2D eigenvalue weighted by molar-refractivity contribution is -0.156. The smallest absolute Gasteiger partial charge is 0.344 e. The number of ether oxygens (including phenoxy) is 2. The van der Waals surface area contributed by atoms with Crippen LogP contribution in [-0.4, -0.2) is 48.5 Å². The molecule has 0 spiro atoms. The molecule has 0 aliphatic carbocycles. The van der Waals surface area contributed by atoms with Gasteiger partial charge in [0.05, 0.1) is 0 Å². The quantitative estimate of drug-likeness (QED) is 0.766. The van der Waals surface area contributed by atoms with Gasteiger partial charge in [-0.15, -0.1) is 0 Å². The molecule has 0 unspecified atom stereocenters. The summed E-state index contributed by atoms with van der Waals surface area (Å²) in [6.07, 6.45) is 2.17. The minimum atomic E-state index is -0.671. The van der Waals surface area contributed by atoms with E-state index in [0.717, 1.165) is 18.4 Å². The SMILES string of the molecule is Cc1cc(Cl)ccc1OCC(=O)OCC(=O)N1CCCC[C@H]1C(N)=O. The van der Waals surface area contributed by atoms with Crippen molar-refractivity contribution in [1.82, 2.24) is 4.90 Å². The Morgan fingerprint density at radius 3 is 2.72 bits per heavy atom. The fourth-order valence-corrected chi connectivity index (χ4v) is 2.93. The van der Waals surface area contributed by atoms with E-state index in [4.69, 9.17) is 26.8 Å². The van der Waals surface area contributed by atoms with Gasteiger partial charge in [0.2, 0.25) is 5.91 Å². The first-order chi connectivity index (χ1) is 11.9. The van der Waals surface area contributed by atoms with E-state index in [1.807, 2.05) is 0 Å². The number of hydrogen-bond acceptors (Lipinski definition) is 5. The summed E-state index contributed by atoms with van der Waals surface area (Å²) in [6.45, 7) is 1.47. The zero-order chi connectivity index (χ0) is 18.4. The van der Waals surface area contributed by atoms with E-state index in [-0.39, 0.29) is 6.61 Å². The van der Waals surface area contributed by atoms with E-state index in [1.54, 1.807) is 25.1 Å². The van der Waals surface area contributed by atoms with Gasteiger partial charge in [-0.25, -0.2) is 4.79 Å². The van der Waals surface area contributed by atoms with E-state index >= 15 is 0 Å². The highest BCUT2D eigenvalue weighted by molar-refractivity contribution is 6.30. The van der Waals surface area contributed by atoms with Crippen molar-refractivity contribution in [2.24, 2.45) is 5.73 Å². The molecular weight excluding hydrogens is 348 g/mol. The van der Waals surface area contributed by atoms with Crippen LogP contribution < -0.4 is 10.5 Å². The van der Waals surface area contributed by atoms with Gasteiger partial charge in [0.1, 0.15) is 11.8 Å². The number of aryl methyl sites for hydroxylation is 1. The minimum absolute atomic E-state index is 0.324. The molecule has 7 nitrogen and oxygen atoms in total. The number of benzene rings is 1. The zero-order valence-electron chi connectivity index (χ0n) is 14.0. The lowest BCUT2D eigenvalue weighted by atomic mass is 10.0. The number of rotatable bonds is 6. The van der Waals surface area contributed by atoms with E-state index in [0.29, 0.717) is 23.7 Å². The summed E-state index contributed by atoms with van der Waals surface area (Å²) < 4.78 is 10.3. The Morgan fingerprint density at radius 1 is 1.28 bits per heavy atom. The number of amides is 2. The molecule has 1 atom stereocenters. The Kier molecular flexibility index (Phi) is 6.64. The Labute approximate surface area is 151 Å². The maximum absolute atomic E-state index is 12.2. The highest BCUT2D eigenvalue weighted by atomic mass is 35.5. The normalized spacial score (nSPS) is 17.0. The first-order valence-electron chi connectivity index (χ1n) is 8.02. The van der Waals surface area contributed by atoms with Crippen molar-refractivity contribution in [2.45, 2.75) is 32.2 Å². The highest BCUT2D eigenvalue weighted by Crippen LogP contribution is 2.21. The largest absolute Gasteiger partial charge is 0.482 e. The lowest BCUT2D eigenvalue weighted by Crippen LogP contribution is -2.51. The third-order valence-electron chi connectivity index (χ3n) is 3.99. The summed E-state index contributed by atoms with van der Waals surface area (Å²) in [5.41, 5.74) is 6.10. The molecule has 1 saturated heterocycles. The number of esters is 1. The summed E-state index contributed by atoms with van der Waals surface area (Å²) in [6, 6.07) is 4.39. The van der Waals surface area contributed by atoms with Gasteiger partial charge in [0.25, 0.3) is 5.91 Å². The molecular formula is C17H21ClN2O5. The first kappa shape index (κ1) is 19.1. The van der Waals surface area contributed by atoms with Gasteiger partial charge in [-0.2, -0.15) is 0 Å². The molecule has 0 aromatic heterocycles. The second-order valence-electron chi connectivity index (χ2n) is 5.86. The third kappa shape index (κ3) is 5.35. The van der Waals surface area contributed by atoms with Crippen molar-refractivity contribution >= 4 is 29.4 Å². The summed E-state index contributed by atoms with van der Waals surface area (Å²) in [5.74, 6) is -1.13. The van der Waals surface area contributed by atoms with Crippen LogP contribution in [0.15, 0.2) is 18.2 Å². The third-order valence-corrected chi connectivity index (χ3v) is 4.23. The van der Waals surface area contributed by atoms with E-state index in [2.05, 4.69) is 0 Å². The first-order valence-corrected chi connectivity index (χ1v) is 8.39. The maximum Gasteiger partial charge on any atom is 0.344 e. The minimum Gasteiger partial charge on any atom is -0.482 e. The molecule has 0 bridgehead atoms. The van der Waals surface area contributed by atoms with E-state index in [1.165, 1.54) is 4.90 Å². The molecule has 2 amide bonds. The summed E-state index contributed by atoms with van der Waals surface area (Å²) in [4.78, 5) is 36.7. The Balaban J connectivity index is 1.80. The predicted octanol–water partition coefficient (Wildman–Crippen LogP) is 1.44. The topological polar surface area (TPSA) is 98.9 Å². The molecule has 1 aliphatic heterocycles. The van der Waals surface area contributed by atoms with Crippen molar-refractivity contribution in [3.05, 3.63) is 28.8 Å². The number of carbonyl (C=O) groups is 3. The molecule has 0 saturated carbocycles. The number of piperidine rings is 1. The number of likely N-dealkylation sites (tertiary alicyclic amines) is 1. The van der Waals surface area contributed by atoms with Crippen molar-refractivity contribution in [1.29, 1.82) is 0 Å². The molecule has 136 valence electrons. The van der Waals surface area contributed by atoms with Crippen LogP contribution in [-0.2, 0) is 19.1 Å². The fraction of sp³-hybridized carbons (Fsp3) is 0.471. The summed E-state index contributed by atoms with van der Waals surface area (Å²) in [7, 11) is 0. The van der Waals surface area contributed by atoms with Crippen molar-refractivity contribution in [2.75, 3.05) is 19.8 Å². The van der Waals surface area contributed by atoms with Crippen LogP contribution in [0.2, 0.25) is 5.02 Å². The molecule has 1 aromatic rings. The van der Waals surface area contributed by atoms with Gasteiger partial charge in [-0.3, -0.25) is 9.59 Å². The van der Waals surface area contributed by atoms with Gasteiger partial charge < -0.3 is 20.1 Å². The second kappa shape index (κ2) is 8.71. The Bertz CT molecular complexity index is 664. The number of primary amides is 1. The average Bonchev–Trinajstić information content (AvgIpc) is 2.58. The highest BCUT2D eigenvalue weighted by Gasteiger charge is 2.30. The number of halogens is 1. The number of carbonyl (C=O) groups excluding carboxylic acids is 3. The zero-order valence-corrected chi connectivity index (χ0v) is 14.8. The van der Waals surface area contributed by atoms with Gasteiger partial charge >= 0.3 is 5.97 Å². The number of nitrogens with zero attached hydrogens (tertiary/aromatic N) is 1. The van der Waals surface area contributed by atoms with Crippen molar-refractivity contribution in [3.63, 3.8) is 0 Å². The van der Waals surface area contributed by atoms with Crippen LogP contribution >= 0.6 is 11.6 Å². The monoisotopic (exact) mass is 368 g/mol. The molecule has 8 heteroatoms. The van der Waals surface area contributed by atoms with Crippen LogP contribution in [0.5, 0.6) is 5.75 Å². The molecule has 0 radical (unpaired) electrons. The molecule has 1 aromatic carbocycles. The average molecular weight is 369 g/mol. The summed E-state index contributed by atoms with van der Waals surface area (Å²) in [5, 5.41) is 0.573. The molecule has 25 heavy (non-hydrogen) atoms. The molecule has 1 heterocycles. The maximum atomic E-state index is 12.2. The van der Waals surface area contributed by atoms with E-state index in [9.17, 15) is 14.4 Å². The van der Waals surface area contributed by atoms with Crippen molar-refractivity contribution in [3.8, 4) is 5.75 Å². The van der Waals surface area contributed by atoms with Crippen molar-refractivity contribution < 1.29 is 23.9 Å². The van der Waals surface area contributed by atoms with E-state index < -0.39 is 30.4 Å². The molecule has 2 rings (SSSR count). The van der Waals surface area contributed by atoms with Gasteiger partial charge in [0, 0.05) is 11.6 Å². The van der Waals surface area contributed by atoms with Crippen LogP contribution in [0.25, 0.3) is 0 Å². The van der Waals surface area contributed by atoms with Crippen LogP contribution in [0.3, 0.4) is 0 Å². The number of nitrogens with two attached hydrogens (primary N) is 1. The fourth-order valence-electron chi connectivity index (χ4n) is 2.70. The van der Waals surface area contributed by atoms with Gasteiger partial charge in [-0.05, 0) is 49.9 Å². The van der Waals surface area contributed by atoms with Gasteiger partial charge in [-0.1, -0.05) is 11.6 Å². The molecule has 1 aliphatic rings. The number of hydrogen-bond donors (Lipinski definition) is 1. The molecule has 2 N–H and O–H groups in total. The van der Waals surface area contributed by atoms with Crippen LogP contribution in [0.1, 0.15) is 24.8 Å². The Morgan fingerprint density at radius 2 is 2.04 bits per heavy atom. The second-order valence-corrected chi connectivity index (χ2v) is 6.30. The van der Waals surface area contributed by atoms with Crippen LogP contribution in [0, 0.1) is 6.92 Å². The van der Waals surface area contributed by atoms with Crippen LogP contribution in [0.4, 0.5) is 0 Å². The predicted molar refractivity (Wildman–Crippen MR) is 91.2 cm³/mol. The standard InChI is InChI=1S/C17H21ClN2O5/c1-11-8-12(18)5-6-14(11)24-10-16(22)25-9-15(21)20-7-3-2-4-13(20)17(19)23/h5-6,8,13H,2-4,7,9-10H2,1H3,(H2,19,23)/t13-/m0/s1. The Hall–Kier alpha value is -2.28.